The van der Waals surface area contributed by atoms with Crippen LogP contribution in [-0.4, -0.2) is 16.1 Å². The second-order valence-corrected chi connectivity index (χ2v) is 1.96. The Balaban J connectivity index is 0.000000810. The van der Waals surface area contributed by atoms with E-state index >= 15 is 0 Å². The normalized spacial score (nSPS) is 9.00. The number of aryl methyl sites for hydroxylation is 1. The number of nitrogens with two attached hydrogens (primary N) is 1. The van der Waals surface area contributed by atoms with Gasteiger partial charge in [0.05, 0.1) is 0 Å². The molecule has 0 fully saturated rings. The minimum Gasteiger partial charge on any atom is -0.334 e. The highest BCUT2D eigenvalue weighted by Gasteiger charge is 1.91. The van der Waals surface area contributed by atoms with Gasteiger partial charge in [0.25, 0.3) is 0 Å². The number of aromatic nitrogens is 2. The van der Waals surface area contributed by atoms with Crippen molar-refractivity contribution < 1.29 is 0 Å². The first kappa shape index (κ1) is 9.46. The van der Waals surface area contributed by atoms with Crippen LogP contribution >= 0.6 is 12.4 Å². The van der Waals surface area contributed by atoms with Gasteiger partial charge < -0.3 is 10.3 Å². The minimum absolute atomic E-state index is 0. The number of rotatable bonds is 2. The van der Waals surface area contributed by atoms with Gasteiger partial charge in [0.1, 0.15) is 5.82 Å². The van der Waals surface area contributed by atoms with Gasteiger partial charge in [-0.2, -0.15) is 0 Å². The van der Waals surface area contributed by atoms with E-state index in [4.69, 9.17) is 5.73 Å². The Morgan fingerprint density at radius 2 is 2.40 bits per heavy atom. The average Bonchev–Trinajstić information content (AvgIpc) is 2.18. The van der Waals surface area contributed by atoms with Crippen LogP contribution in [-0.2, 0) is 6.54 Å². The fourth-order valence-electron chi connectivity index (χ4n) is 0.779. The lowest BCUT2D eigenvalue weighted by atomic mass is 10.6. The predicted molar refractivity (Wildman–Crippen MR) is 43.3 cm³/mol. The van der Waals surface area contributed by atoms with E-state index in [1.807, 2.05) is 17.7 Å². The summed E-state index contributed by atoms with van der Waals surface area (Å²) in [5, 5.41) is 0. The molecule has 0 aliphatic rings. The molecular formula is C6H12ClN3. The highest BCUT2D eigenvalue weighted by atomic mass is 35.5. The number of halogens is 1. The van der Waals surface area contributed by atoms with Crippen LogP contribution in [0.25, 0.3) is 0 Å². The van der Waals surface area contributed by atoms with Gasteiger partial charge in [0, 0.05) is 25.5 Å². The summed E-state index contributed by atoms with van der Waals surface area (Å²) < 4.78 is 2.03. The van der Waals surface area contributed by atoms with Crippen molar-refractivity contribution in [3.63, 3.8) is 0 Å². The van der Waals surface area contributed by atoms with Gasteiger partial charge >= 0.3 is 0 Å². The molecule has 0 saturated carbocycles. The van der Waals surface area contributed by atoms with E-state index in [9.17, 15) is 0 Å². The Hall–Kier alpha value is -0.540. The van der Waals surface area contributed by atoms with E-state index in [1.165, 1.54) is 0 Å². The average molecular weight is 162 g/mol. The van der Waals surface area contributed by atoms with Crippen LogP contribution in [0.4, 0.5) is 0 Å². The van der Waals surface area contributed by atoms with Gasteiger partial charge in [-0.25, -0.2) is 4.98 Å². The lowest BCUT2D eigenvalue weighted by Gasteiger charge is -1.99. The summed E-state index contributed by atoms with van der Waals surface area (Å²) in [4.78, 5) is 4.04. The fourth-order valence-corrected chi connectivity index (χ4v) is 0.779. The van der Waals surface area contributed by atoms with Gasteiger partial charge in [0.15, 0.2) is 0 Å². The molecular weight excluding hydrogens is 150 g/mol. The van der Waals surface area contributed by atoms with Crippen molar-refractivity contribution in [2.45, 2.75) is 13.5 Å². The number of nitrogens with zero attached hydrogens (tertiary/aromatic N) is 2. The van der Waals surface area contributed by atoms with Crippen molar-refractivity contribution in [3.05, 3.63) is 18.2 Å². The Morgan fingerprint density at radius 1 is 1.70 bits per heavy atom. The largest absolute Gasteiger partial charge is 0.334 e. The monoisotopic (exact) mass is 161 g/mol. The van der Waals surface area contributed by atoms with Crippen LogP contribution in [0.1, 0.15) is 5.82 Å². The molecule has 1 heterocycles. The van der Waals surface area contributed by atoms with Crippen LogP contribution in [0.2, 0.25) is 0 Å². The molecule has 3 nitrogen and oxygen atoms in total. The van der Waals surface area contributed by atoms with Crippen molar-refractivity contribution in [3.8, 4) is 0 Å². The van der Waals surface area contributed by atoms with E-state index in [0.717, 1.165) is 12.4 Å². The first-order valence-corrected chi connectivity index (χ1v) is 3.02. The molecule has 0 aliphatic heterocycles. The molecule has 0 aliphatic carbocycles. The third kappa shape index (κ3) is 2.01. The van der Waals surface area contributed by atoms with Gasteiger partial charge in [-0.3, -0.25) is 0 Å². The molecule has 0 unspecified atom stereocenters. The highest BCUT2D eigenvalue weighted by Crippen LogP contribution is 1.92. The molecule has 58 valence electrons. The van der Waals surface area contributed by atoms with E-state index in [0.29, 0.717) is 6.54 Å². The summed E-state index contributed by atoms with van der Waals surface area (Å²) in [6, 6.07) is 0. The molecule has 0 radical (unpaired) electrons. The second kappa shape index (κ2) is 4.30. The smallest absolute Gasteiger partial charge is 0.105 e. The summed E-state index contributed by atoms with van der Waals surface area (Å²) >= 11 is 0. The molecule has 0 atom stereocenters. The third-order valence-electron chi connectivity index (χ3n) is 1.29. The first-order chi connectivity index (χ1) is 4.34. The van der Waals surface area contributed by atoms with Crippen LogP contribution in [0.5, 0.6) is 0 Å². The fraction of sp³-hybridized carbons (Fsp3) is 0.500. The van der Waals surface area contributed by atoms with E-state index < -0.39 is 0 Å². The van der Waals surface area contributed by atoms with Crippen molar-refractivity contribution in [2.75, 3.05) is 6.54 Å². The summed E-state index contributed by atoms with van der Waals surface area (Å²) in [6.07, 6.45) is 3.72. The molecule has 10 heavy (non-hydrogen) atoms. The molecule has 1 rings (SSSR count). The molecule has 2 N–H and O–H groups in total. The van der Waals surface area contributed by atoms with Gasteiger partial charge in [-0.15, -0.1) is 12.4 Å². The topological polar surface area (TPSA) is 43.8 Å². The maximum atomic E-state index is 5.34. The number of imidazole rings is 1. The minimum atomic E-state index is 0. The maximum Gasteiger partial charge on any atom is 0.105 e. The van der Waals surface area contributed by atoms with Crippen LogP contribution in [0.15, 0.2) is 12.4 Å². The van der Waals surface area contributed by atoms with Gasteiger partial charge in [0.2, 0.25) is 0 Å². The van der Waals surface area contributed by atoms with E-state index in [1.54, 1.807) is 6.20 Å². The van der Waals surface area contributed by atoms with Crippen LogP contribution < -0.4 is 5.73 Å². The Bertz CT molecular complexity index is 185. The standard InChI is InChI=1S/C6H11N3.ClH/c1-6-8-3-5-9(6)4-2-7;/h3,5H,2,4,7H2,1H3;1H. The van der Waals surface area contributed by atoms with Crippen LogP contribution in [0, 0.1) is 6.92 Å². The maximum absolute atomic E-state index is 5.34. The first-order valence-electron chi connectivity index (χ1n) is 3.02. The molecule has 0 spiro atoms. The molecule has 0 saturated heterocycles. The summed E-state index contributed by atoms with van der Waals surface area (Å²) in [6.45, 7) is 3.51. The molecule has 0 amide bonds. The second-order valence-electron chi connectivity index (χ2n) is 1.96. The Morgan fingerprint density at radius 3 is 2.80 bits per heavy atom. The summed E-state index contributed by atoms with van der Waals surface area (Å²) in [7, 11) is 0. The SMILES string of the molecule is Cc1nccn1CCN.Cl. The third-order valence-corrected chi connectivity index (χ3v) is 1.29. The van der Waals surface area contributed by atoms with Gasteiger partial charge in [-0.05, 0) is 6.92 Å². The molecule has 1 aromatic heterocycles. The molecule has 1 aromatic rings. The van der Waals surface area contributed by atoms with Gasteiger partial charge in [-0.1, -0.05) is 0 Å². The van der Waals surface area contributed by atoms with Crippen molar-refractivity contribution in [1.82, 2.24) is 9.55 Å². The zero-order valence-electron chi connectivity index (χ0n) is 5.95. The zero-order chi connectivity index (χ0) is 6.69. The number of hydrogen-bond acceptors (Lipinski definition) is 2. The molecule has 0 aromatic carbocycles. The Kier molecular flexibility index (Phi) is 4.07. The Labute approximate surface area is 66.7 Å². The zero-order valence-corrected chi connectivity index (χ0v) is 6.77. The van der Waals surface area contributed by atoms with Crippen molar-refractivity contribution >= 4 is 12.4 Å². The summed E-state index contributed by atoms with van der Waals surface area (Å²) in [5.74, 6) is 1.03. The lowest BCUT2D eigenvalue weighted by Crippen LogP contribution is -2.09. The summed E-state index contributed by atoms with van der Waals surface area (Å²) in [5.41, 5.74) is 5.34. The quantitative estimate of drug-likeness (QED) is 0.690. The van der Waals surface area contributed by atoms with E-state index in [2.05, 4.69) is 4.98 Å². The molecule has 0 bridgehead atoms. The molecule has 4 heteroatoms. The predicted octanol–water partition coefficient (Wildman–Crippen LogP) is 0.572. The van der Waals surface area contributed by atoms with Crippen LogP contribution in [0.3, 0.4) is 0 Å². The highest BCUT2D eigenvalue weighted by molar-refractivity contribution is 5.85. The number of hydrogen-bond donors (Lipinski definition) is 1. The van der Waals surface area contributed by atoms with E-state index in [-0.39, 0.29) is 12.4 Å². The lowest BCUT2D eigenvalue weighted by molar-refractivity contribution is 0.684. The van der Waals surface area contributed by atoms with Crippen molar-refractivity contribution in [2.24, 2.45) is 5.73 Å². The van der Waals surface area contributed by atoms with Crippen molar-refractivity contribution in [1.29, 1.82) is 0 Å².